The Bertz CT molecular complexity index is 881. The highest BCUT2D eigenvalue weighted by molar-refractivity contribution is 5.83. The molecule has 2 aliphatic rings. The molecule has 4 rings (SSSR count). The van der Waals surface area contributed by atoms with Gasteiger partial charge in [0.2, 0.25) is 11.8 Å². The maximum atomic E-state index is 13.1. The average molecular weight is 399 g/mol. The summed E-state index contributed by atoms with van der Waals surface area (Å²) in [4.78, 5) is 29.0. The number of halogens is 1. The molecular formula is C22H26FN3O3. The fourth-order valence-corrected chi connectivity index (χ4v) is 4.21. The fraction of sp³-hybridized carbons (Fsp3) is 0.500. The van der Waals surface area contributed by atoms with Crippen molar-refractivity contribution in [3.8, 4) is 0 Å². The van der Waals surface area contributed by atoms with Crippen LogP contribution in [-0.4, -0.2) is 52.9 Å². The standard InChI is InChI=1S/C22H26FN3O3/c1-14-18(15(2)29-24-14)7-8-21(27)25-9-11-26(12-10-25)22(28)20-13-19(20)16-3-5-17(23)6-4-16/h3-6,19-20H,7-13H2,1-2H3/t19-,20+/m1/s1. The predicted molar refractivity (Wildman–Crippen MR) is 105 cm³/mol. The Morgan fingerprint density at radius 3 is 2.38 bits per heavy atom. The molecule has 1 aliphatic carbocycles. The lowest BCUT2D eigenvalue weighted by atomic mass is 10.1. The number of hydrogen-bond donors (Lipinski definition) is 0. The summed E-state index contributed by atoms with van der Waals surface area (Å²) in [7, 11) is 0. The van der Waals surface area contributed by atoms with Crippen LogP contribution in [0.4, 0.5) is 4.39 Å². The first-order valence-electron chi connectivity index (χ1n) is 10.2. The van der Waals surface area contributed by atoms with Crippen molar-refractivity contribution in [3.63, 3.8) is 0 Å². The van der Waals surface area contributed by atoms with E-state index in [2.05, 4.69) is 5.16 Å². The third-order valence-electron chi connectivity index (χ3n) is 6.12. The number of rotatable bonds is 5. The number of aryl methyl sites for hydroxylation is 2. The summed E-state index contributed by atoms with van der Waals surface area (Å²) in [5, 5.41) is 3.93. The Balaban J connectivity index is 1.24. The molecule has 1 aromatic carbocycles. The number of piperazine rings is 1. The summed E-state index contributed by atoms with van der Waals surface area (Å²) >= 11 is 0. The molecule has 2 heterocycles. The second-order valence-corrected chi connectivity index (χ2v) is 8.01. The van der Waals surface area contributed by atoms with Crippen LogP contribution in [0, 0.1) is 25.6 Å². The van der Waals surface area contributed by atoms with Gasteiger partial charge in [-0.15, -0.1) is 0 Å². The number of amides is 2. The molecule has 0 bridgehead atoms. The topological polar surface area (TPSA) is 66.7 Å². The Morgan fingerprint density at radius 1 is 1.10 bits per heavy atom. The fourth-order valence-electron chi connectivity index (χ4n) is 4.21. The van der Waals surface area contributed by atoms with E-state index in [4.69, 9.17) is 4.52 Å². The van der Waals surface area contributed by atoms with Crippen LogP contribution in [0.15, 0.2) is 28.8 Å². The van der Waals surface area contributed by atoms with E-state index in [0.29, 0.717) is 39.0 Å². The number of aromatic nitrogens is 1. The molecule has 29 heavy (non-hydrogen) atoms. The van der Waals surface area contributed by atoms with Gasteiger partial charge in [0.1, 0.15) is 11.6 Å². The second kappa shape index (κ2) is 7.97. The normalized spacial score (nSPS) is 21.3. The largest absolute Gasteiger partial charge is 0.361 e. The molecule has 7 heteroatoms. The van der Waals surface area contributed by atoms with Crippen LogP contribution in [-0.2, 0) is 16.0 Å². The van der Waals surface area contributed by atoms with Gasteiger partial charge in [-0.2, -0.15) is 0 Å². The molecule has 2 amide bonds. The number of benzene rings is 1. The predicted octanol–water partition coefficient (Wildman–Crippen LogP) is 2.84. The van der Waals surface area contributed by atoms with Crippen LogP contribution in [0.5, 0.6) is 0 Å². The monoisotopic (exact) mass is 399 g/mol. The Kier molecular flexibility index (Phi) is 5.39. The molecule has 0 N–H and O–H groups in total. The molecule has 1 aliphatic heterocycles. The number of nitrogens with zero attached hydrogens (tertiary/aromatic N) is 3. The molecule has 0 unspecified atom stereocenters. The first-order valence-corrected chi connectivity index (χ1v) is 10.2. The van der Waals surface area contributed by atoms with Crippen molar-refractivity contribution in [1.29, 1.82) is 0 Å². The van der Waals surface area contributed by atoms with Crippen LogP contribution < -0.4 is 0 Å². The van der Waals surface area contributed by atoms with Crippen LogP contribution in [0.1, 0.15) is 41.3 Å². The smallest absolute Gasteiger partial charge is 0.226 e. The van der Waals surface area contributed by atoms with E-state index < -0.39 is 0 Å². The van der Waals surface area contributed by atoms with Gasteiger partial charge in [0.15, 0.2) is 0 Å². The molecule has 2 atom stereocenters. The van der Waals surface area contributed by atoms with Gasteiger partial charge < -0.3 is 14.3 Å². The third-order valence-corrected chi connectivity index (χ3v) is 6.12. The SMILES string of the molecule is Cc1noc(C)c1CCC(=O)N1CCN(C(=O)[C@H]2C[C@@H]2c2ccc(F)cc2)CC1. The Hall–Kier alpha value is -2.70. The lowest BCUT2D eigenvalue weighted by Gasteiger charge is -2.35. The summed E-state index contributed by atoms with van der Waals surface area (Å²) in [6.45, 7) is 6.03. The minimum absolute atomic E-state index is 0.0118. The van der Waals surface area contributed by atoms with E-state index in [1.807, 2.05) is 23.6 Å². The minimum Gasteiger partial charge on any atom is -0.361 e. The van der Waals surface area contributed by atoms with Crippen molar-refractivity contribution in [2.24, 2.45) is 5.92 Å². The summed E-state index contributed by atoms with van der Waals surface area (Å²) < 4.78 is 18.2. The first-order chi connectivity index (χ1) is 13.9. The zero-order valence-corrected chi connectivity index (χ0v) is 16.9. The van der Waals surface area contributed by atoms with Gasteiger partial charge in [-0.1, -0.05) is 17.3 Å². The molecule has 6 nitrogen and oxygen atoms in total. The molecule has 1 saturated heterocycles. The molecule has 0 spiro atoms. The van der Waals surface area contributed by atoms with E-state index in [0.717, 1.165) is 29.0 Å². The van der Waals surface area contributed by atoms with E-state index in [-0.39, 0.29) is 29.5 Å². The van der Waals surface area contributed by atoms with Crippen molar-refractivity contribution in [1.82, 2.24) is 15.0 Å². The van der Waals surface area contributed by atoms with E-state index in [9.17, 15) is 14.0 Å². The number of carbonyl (C=O) groups excluding carboxylic acids is 2. The van der Waals surface area contributed by atoms with E-state index in [1.54, 1.807) is 12.1 Å². The summed E-state index contributed by atoms with van der Waals surface area (Å²) in [6, 6.07) is 6.43. The van der Waals surface area contributed by atoms with Gasteiger partial charge in [-0.05, 0) is 50.3 Å². The van der Waals surface area contributed by atoms with Crippen molar-refractivity contribution < 1.29 is 18.5 Å². The molecule has 154 valence electrons. The minimum atomic E-state index is -0.257. The maximum Gasteiger partial charge on any atom is 0.226 e. The molecule has 1 saturated carbocycles. The van der Waals surface area contributed by atoms with Gasteiger partial charge >= 0.3 is 0 Å². The van der Waals surface area contributed by atoms with Gasteiger partial charge in [-0.3, -0.25) is 9.59 Å². The maximum absolute atomic E-state index is 13.1. The van der Waals surface area contributed by atoms with Gasteiger partial charge in [0.25, 0.3) is 0 Å². The molecule has 1 aromatic heterocycles. The highest BCUT2D eigenvalue weighted by Gasteiger charge is 2.46. The Labute approximate surface area is 169 Å². The van der Waals surface area contributed by atoms with Gasteiger partial charge in [-0.25, -0.2) is 4.39 Å². The molecule has 0 radical (unpaired) electrons. The zero-order chi connectivity index (χ0) is 20.5. The van der Waals surface area contributed by atoms with Crippen molar-refractivity contribution in [2.45, 2.75) is 39.0 Å². The summed E-state index contributed by atoms with van der Waals surface area (Å²) in [5.74, 6) is 0.952. The van der Waals surface area contributed by atoms with E-state index >= 15 is 0 Å². The number of hydrogen-bond acceptors (Lipinski definition) is 4. The van der Waals surface area contributed by atoms with Crippen LogP contribution in [0.25, 0.3) is 0 Å². The summed E-state index contributed by atoms with van der Waals surface area (Å²) in [5.41, 5.74) is 2.87. The highest BCUT2D eigenvalue weighted by atomic mass is 19.1. The van der Waals surface area contributed by atoms with Crippen LogP contribution in [0.2, 0.25) is 0 Å². The first kappa shape index (κ1) is 19.6. The Morgan fingerprint density at radius 2 is 1.76 bits per heavy atom. The van der Waals surface area contributed by atoms with E-state index in [1.165, 1.54) is 12.1 Å². The lowest BCUT2D eigenvalue weighted by molar-refractivity contribution is -0.140. The highest BCUT2D eigenvalue weighted by Crippen LogP contribution is 2.48. The third kappa shape index (κ3) is 4.18. The van der Waals surface area contributed by atoms with Crippen LogP contribution in [0.3, 0.4) is 0 Å². The number of carbonyl (C=O) groups is 2. The molecular weight excluding hydrogens is 373 g/mol. The van der Waals surface area contributed by atoms with Crippen molar-refractivity contribution in [3.05, 3.63) is 52.7 Å². The van der Waals surface area contributed by atoms with Crippen molar-refractivity contribution in [2.75, 3.05) is 26.2 Å². The molecule has 2 aromatic rings. The average Bonchev–Trinajstić information content (AvgIpc) is 3.46. The van der Waals surface area contributed by atoms with Crippen molar-refractivity contribution >= 4 is 11.8 Å². The lowest BCUT2D eigenvalue weighted by Crippen LogP contribution is -2.51. The van der Waals surface area contributed by atoms with Crippen LogP contribution >= 0.6 is 0 Å². The quantitative estimate of drug-likeness (QED) is 0.776. The zero-order valence-electron chi connectivity index (χ0n) is 16.9. The van der Waals surface area contributed by atoms with Gasteiger partial charge in [0.05, 0.1) is 5.69 Å². The summed E-state index contributed by atoms with van der Waals surface area (Å²) in [6.07, 6.45) is 1.87. The van der Waals surface area contributed by atoms with Gasteiger partial charge in [0, 0.05) is 44.1 Å². The molecule has 2 fully saturated rings. The second-order valence-electron chi connectivity index (χ2n) is 8.01.